The number of anilines is 2. The van der Waals surface area contributed by atoms with Gasteiger partial charge in [0, 0.05) is 17.4 Å². The molecule has 0 saturated carbocycles. The first kappa shape index (κ1) is 13.6. The van der Waals surface area contributed by atoms with Crippen LogP contribution in [0.2, 0.25) is 5.02 Å². The molecule has 1 heterocycles. The average Bonchev–Trinajstić information content (AvgIpc) is 2.47. The van der Waals surface area contributed by atoms with Gasteiger partial charge in [-0.25, -0.2) is 0 Å². The third kappa shape index (κ3) is 2.87. The zero-order valence-electron chi connectivity index (χ0n) is 11.1. The van der Waals surface area contributed by atoms with Crippen molar-refractivity contribution in [3.05, 3.63) is 47.0 Å². The molecule has 3 rings (SSSR count). The van der Waals surface area contributed by atoms with Crippen molar-refractivity contribution in [1.82, 2.24) is 0 Å². The highest BCUT2D eigenvalue weighted by atomic mass is 35.5. The number of halogens is 1. The Bertz CT molecular complexity index is 703. The number of amides is 1. The van der Waals surface area contributed by atoms with E-state index in [9.17, 15) is 4.79 Å². The second-order valence-corrected chi connectivity index (χ2v) is 4.96. The summed E-state index contributed by atoms with van der Waals surface area (Å²) >= 11 is 6.02. The molecule has 0 saturated heterocycles. The van der Waals surface area contributed by atoms with Gasteiger partial charge in [-0.15, -0.1) is 0 Å². The minimum Gasteiger partial charge on any atom is -0.486 e. The number of nitrogens with two attached hydrogens (primary N) is 1. The number of hydrogen-bond acceptors (Lipinski definition) is 4. The molecule has 6 heteroatoms. The predicted octanol–water partition coefficient (Wildman–Crippen LogP) is 2.95. The molecule has 0 aliphatic carbocycles. The van der Waals surface area contributed by atoms with Gasteiger partial charge in [-0.3, -0.25) is 4.79 Å². The third-order valence-corrected chi connectivity index (χ3v) is 3.35. The van der Waals surface area contributed by atoms with E-state index in [-0.39, 0.29) is 5.91 Å². The van der Waals surface area contributed by atoms with E-state index in [0.29, 0.717) is 46.7 Å². The molecular formula is C15H13ClN2O3. The number of ether oxygens (including phenoxy) is 2. The molecule has 21 heavy (non-hydrogen) atoms. The van der Waals surface area contributed by atoms with Crippen molar-refractivity contribution in [2.24, 2.45) is 0 Å². The summed E-state index contributed by atoms with van der Waals surface area (Å²) in [5.41, 5.74) is 7.09. The molecule has 1 amide bonds. The smallest absolute Gasteiger partial charge is 0.257 e. The van der Waals surface area contributed by atoms with Crippen LogP contribution in [0.5, 0.6) is 11.5 Å². The Kier molecular flexibility index (Phi) is 3.58. The minimum atomic E-state index is -0.309. The van der Waals surface area contributed by atoms with Crippen LogP contribution in [-0.2, 0) is 0 Å². The van der Waals surface area contributed by atoms with Gasteiger partial charge in [-0.1, -0.05) is 11.6 Å². The molecule has 1 aliphatic heterocycles. The summed E-state index contributed by atoms with van der Waals surface area (Å²) in [5, 5.41) is 3.08. The van der Waals surface area contributed by atoms with Crippen molar-refractivity contribution < 1.29 is 14.3 Å². The molecule has 0 fully saturated rings. The summed E-state index contributed by atoms with van der Waals surface area (Å²) < 4.78 is 10.9. The first-order chi connectivity index (χ1) is 10.1. The Morgan fingerprint density at radius 3 is 2.62 bits per heavy atom. The van der Waals surface area contributed by atoms with E-state index in [0.717, 1.165) is 0 Å². The molecule has 0 aromatic heterocycles. The lowest BCUT2D eigenvalue weighted by atomic mass is 10.2. The largest absolute Gasteiger partial charge is 0.486 e. The fourth-order valence-corrected chi connectivity index (χ4v) is 2.31. The summed E-state index contributed by atoms with van der Waals surface area (Å²) in [7, 11) is 0. The predicted molar refractivity (Wildman–Crippen MR) is 81.2 cm³/mol. The fourth-order valence-electron chi connectivity index (χ4n) is 2.04. The number of carbonyl (C=O) groups excluding carboxylic acids is 1. The molecule has 0 bridgehead atoms. The van der Waals surface area contributed by atoms with E-state index in [1.807, 2.05) is 0 Å². The number of nitrogens with one attached hydrogen (secondary N) is 1. The van der Waals surface area contributed by atoms with Gasteiger partial charge in [0.1, 0.15) is 13.2 Å². The van der Waals surface area contributed by atoms with Crippen LogP contribution in [0, 0.1) is 0 Å². The maximum atomic E-state index is 12.2. The number of nitrogen functional groups attached to an aromatic ring is 1. The second kappa shape index (κ2) is 5.54. The van der Waals surface area contributed by atoms with Crippen LogP contribution >= 0.6 is 11.6 Å². The second-order valence-electron chi connectivity index (χ2n) is 4.55. The lowest BCUT2D eigenvalue weighted by Crippen LogP contribution is -2.16. The number of carbonyl (C=O) groups is 1. The number of hydrogen-bond donors (Lipinski definition) is 2. The normalized spacial score (nSPS) is 12.8. The van der Waals surface area contributed by atoms with Crippen molar-refractivity contribution in [2.75, 3.05) is 24.3 Å². The molecule has 1 aliphatic rings. The van der Waals surface area contributed by atoms with Crippen LogP contribution in [0.4, 0.5) is 11.4 Å². The molecule has 0 spiro atoms. The zero-order chi connectivity index (χ0) is 14.8. The van der Waals surface area contributed by atoms with Gasteiger partial charge >= 0.3 is 0 Å². The fraction of sp³-hybridized carbons (Fsp3) is 0.133. The molecule has 0 unspecified atom stereocenters. The minimum absolute atomic E-state index is 0.309. The van der Waals surface area contributed by atoms with Gasteiger partial charge < -0.3 is 20.5 Å². The molecule has 3 N–H and O–H groups in total. The van der Waals surface area contributed by atoms with Crippen LogP contribution in [0.1, 0.15) is 10.4 Å². The van der Waals surface area contributed by atoms with E-state index >= 15 is 0 Å². The molecule has 2 aromatic carbocycles. The lowest BCUT2D eigenvalue weighted by molar-refractivity contribution is 0.102. The summed E-state index contributed by atoms with van der Waals surface area (Å²) in [5.74, 6) is 0.976. The Hall–Kier alpha value is -2.40. The van der Waals surface area contributed by atoms with Crippen molar-refractivity contribution in [2.45, 2.75) is 0 Å². The Balaban J connectivity index is 1.81. The topological polar surface area (TPSA) is 73.6 Å². The van der Waals surface area contributed by atoms with Crippen molar-refractivity contribution in [1.29, 1.82) is 0 Å². The molecule has 5 nitrogen and oxygen atoms in total. The highest BCUT2D eigenvalue weighted by Crippen LogP contribution is 2.33. The Morgan fingerprint density at radius 2 is 1.86 bits per heavy atom. The Morgan fingerprint density at radius 1 is 1.10 bits per heavy atom. The third-order valence-electron chi connectivity index (χ3n) is 3.04. The Labute approximate surface area is 126 Å². The van der Waals surface area contributed by atoms with Crippen LogP contribution in [-0.4, -0.2) is 19.1 Å². The summed E-state index contributed by atoms with van der Waals surface area (Å²) in [6, 6.07) is 9.98. The van der Waals surface area contributed by atoms with E-state index in [1.165, 1.54) is 0 Å². The van der Waals surface area contributed by atoms with Crippen molar-refractivity contribution in [3.63, 3.8) is 0 Å². The summed E-state index contributed by atoms with van der Waals surface area (Å²) in [4.78, 5) is 12.2. The standard InChI is InChI=1S/C15H13ClN2O3/c16-12-7-9(17)1-3-11(12)15(19)18-10-2-4-13-14(8-10)21-6-5-20-13/h1-4,7-8H,5-6,17H2,(H,18,19). The van der Waals surface area contributed by atoms with Gasteiger partial charge in [0.25, 0.3) is 5.91 Å². The zero-order valence-corrected chi connectivity index (χ0v) is 11.8. The highest BCUT2D eigenvalue weighted by molar-refractivity contribution is 6.34. The molecule has 2 aromatic rings. The quantitative estimate of drug-likeness (QED) is 0.837. The lowest BCUT2D eigenvalue weighted by Gasteiger charge is -2.19. The van der Waals surface area contributed by atoms with Crippen LogP contribution < -0.4 is 20.5 Å². The van der Waals surface area contributed by atoms with Gasteiger partial charge in [0.15, 0.2) is 11.5 Å². The number of fused-ring (bicyclic) bond motifs is 1. The van der Waals surface area contributed by atoms with Gasteiger partial charge in [0.2, 0.25) is 0 Å². The number of rotatable bonds is 2. The van der Waals surface area contributed by atoms with Crippen LogP contribution in [0.3, 0.4) is 0 Å². The molecular weight excluding hydrogens is 292 g/mol. The van der Waals surface area contributed by atoms with Crippen LogP contribution in [0.25, 0.3) is 0 Å². The van der Waals surface area contributed by atoms with E-state index in [1.54, 1.807) is 36.4 Å². The van der Waals surface area contributed by atoms with Crippen LogP contribution in [0.15, 0.2) is 36.4 Å². The van der Waals surface area contributed by atoms with E-state index in [4.69, 9.17) is 26.8 Å². The molecule has 0 radical (unpaired) electrons. The SMILES string of the molecule is Nc1ccc(C(=O)Nc2ccc3c(c2)OCCO3)c(Cl)c1. The van der Waals surface area contributed by atoms with Crippen molar-refractivity contribution >= 4 is 28.9 Å². The average molecular weight is 305 g/mol. The highest BCUT2D eigenvalue weighted by Gasteiger charge is 2.14. The first-order valence-corrected chi connectivity index (χ1v) is 6.77. The van der Waals surface area contributed by atoms with E-state index < -0.39 is 0 Å². The van der Waals surface area contributed by atoms with Crippen molar-refractivity contribution in [3.8, 4) is 11.5 Å². The number of benzene rings is 2. The summed E-state index contributed by atoms with van der Waals surface area (Å²) in [6.07, 6.45) is 0. The van der Waals surface area contributed by atoms with E-state index in [2.05, 4.69) is 5.32 Å². The first-order valence-electron chi connectivity index (χ1n) is 6.39. The maximum Gasteiger partial charge on any atom is 0.257 e. The maximum absolute atomic E-state index is 12.2. The van der Waals surface area contributed by atoms with Gasteiger partial charge in [0.05, 0.1) is 10.6 Å². The monoisotopic (exact) mass is 304 g/mol. The summed E-state index contributed by atoms with van der Waals surface area (Å²) in [6.45, 7) is 1.02. The van der Waals surface area contributed by atoms with Gasteiger partial charge in [-0.2, -0.15) is 0 Å². The molecule has 0 atom stereocenters. The molecule has 108 valence electrons. The van der Waals surface area contributed by atoms with Gasteiger partial charge in [-0.05, 0) is 30.3 Å².